The molecule has 0 radical (unpaired) electrons. The summed E-state index contributed by atoms with van der Waals surface area (Å²) in [6.07, 6.45) is 3.43. The van der Waals surface area contributed by atoms with Crippen LogP contribution >= 0.6 is 0 Å². The fourth-order valence-electron chi connectivity index (χ4n) is 3.55. The number of carbonyl (C=O) groups is 2. The van der Waals surface area contributed by atoms with Gasteiger partial charge >= 0.3 is 0 Å². The van der Waals surface area contributed by atoms with Gasteiger partial charge in [-0.2, -0.15) is 0 Å². The fraction of sp³-hybridized carbons (Fsp3) is 0.280. The highest BCUT2D eigenvalue weighted by Gasteiger charge is 2.35. The minimum atomic E-state index is -0.146. The van der Waals surface area contributed by atoms with Gasteiger partial charge in [0.05, 0.1) is 19.9 Å². The molecule has 1 aromatic heterocycles. The lowest BCUT2D eigenvalue weighted by atomic mass is 10.1. The van der Waals surface area contributed by atoms with Gasteiger partial charge in [-0.15, -0.1) is 0 Å². The lowest BCUT2D eigenvalue weighted by molar-refractivity contribution is -0.133. The number of furan rings is 1. The van der Waals surface area contributed by atoms with Crippen molar-refractivity contribution in [2.45, 2.75) is 32.0 Å². The Labute approximate surface area is 182 Å². The normalized spacial score (nSPS) is 12.9. The molecule has 0 aliphatic heterocycles. The Morgan fingerprint density at radius 3 is 2.48 bits per heavy atom. The van der Waals surface area contributed by atoms with Crippen LogP contribution in [0.15, 0.2) is 77.4 Å². The third-order valence-corrected chi connectivity index (χ3v) is 5.37. The van der Waals surface area contributed by atoms with Crippen LogP contribution in [0.25, 0.3) is 0 Å². The first-order valence-corrected chi connectivity index (χ1v) is 10.4. The van der Waals surface area contributed by atoms with E-state index in [9.17, 15) is 9.59 Å². The summed E-state index contributed by atoms with van der Waals surface area (Å²) >= 11 is 0. The monoisotopic (exact) mass is 418 g/mol. The molecule has 0 unspecified atom stereocenters. The van der Waals surface area contributed by atoms with Crippen molar-refractivity contribution in [3.63, 3.8) is 0 Å². The number of benzene rings is 2. The molecule has 6 heteroatoms. The molecule has 3 aromatic rings. The minimum Gasteiger partial charge on any atom is -0.497 e. The van der Waals surface area contributed by atoms with Crippen LogP contribution in [0.3, 0.4) is 0 Å². The molecule has 0 N–H and O–H groups in total. The zero-order valence-electron chi connectivity index (χ0n) is 17.6. The molecule has 160 valence electrons. The summed E-state index contributed by atoms with van der Waals surface area (Å²) in [5.41, 5.74) is 1.55. The Balaban J connectivity index is 1.52. The Bertz CT molecular complexity index is 1010. The van der Waals surface area contributed by atoms with Crippen LogP contribution in [0, 0.1) is 0 Å². The Kier molecular flexibility index (Phi) is 6.36. The Morgan fingerprint density at radius 2 is 1.81 bits per heavy atom. The van der Waals surface area contributed by atoms with E-state index in [0.29, 0.717) is 30.2 Å². The smallest absolute Gasteiger partial charge is 0.254 e. The van der Waals surface area contributed by atoms with E-state index in [-0.39, 0.29) is 24.4 Å². The number of amides is 2. The van der Waals surface area contributed by atoms with E-state index in [2.05, 4.69) is 0 Å². The summed E-state index contributed by atoms with van der Waals surface area (Å²) in [6.45, 7) is 0.840. The SMILES string of the molecule is COc1cccc(C(=O)N(CC(=O)N(Cc2ccccc2)Cc2ccco2)C2CC2)c1. The van der Waals surface area contributed by atoms with E-state index >= 15 is 0 Å². The standard InChI is InChI=1S/C25H26N2O4/c1-30-22-10-5-9-20(15-22)25(29)27(21-12-13-21)18-24(28)26(17-23-11-6-14-31-23)16-19-7-3-2-4-8-19/h2-11,14-15,21H,12-13,16-18H2,1H3. The molecule has 0 saturated heterocycles. The van der Waals surface area contributed by atoms with Crippen LogP contribution in [0.1, 0.15) is 34.5 Å². The van der Waals surface area contributed by atoms with Gasteiger partial charge in [-0.25, -0.2) is 0 Å². The summed E-state index contributed by atoms with van der Waals surface area (Å²) in [6, 6.07) is 20.7. The van der Waals surface area contributed by atoms with Crippen LogP contribution in [0.2, 0.25) is 0 Å². The van der Waals surface area contributed by atoms with Crippen molar-refractivity contribution in [1.29, 1.82) is 0 Å². The average Bonchev–Trinajstić information content (AvgIpc) is 3.52. The molecule has 0 spiro atoms. The number of carbonyl (C=O) groups excluding carboxylic acids is 2. The molecular weight excluding hydrogens is 392 g/mol. The Hall–Kier alpha value is -3.54. The van der Waals surface area contributed by atoms with Gasteiger partial charge in [-0.3, -0.25) is 9.59 Å². The van der Waals surface area contributed by atoms with Gasteiger partial charge in [0.2, 0.25) is 5.91 Å². The number of methoxy groups -OCH3 is 1. The third kappa shape index (κ3) is 5.34. The highest BCUT2D eigenvalue weighted by atomic mass is 16.5. The van der Waals surface area contributed by atoms with Crippen molar-refractivity contribution in [2.24, 2.45) is 0 Å². The molecule has 1 aliphatic carbocycles. The van der Waals surface area contributed by atoms with E-state index in [0.717, 1.165) is 18.4 Å². The molecule has 0 bridgehead atoms. The first-order chi connectivity index (χ1) is 15.1. The first kappa shape index (κ1) is 20.7. The molecule has 2 amide bonds. The highest BCUT2D eigenvalue weighted by Crippen LogP contribution is 2.29. The molecular formula is C25H26N2O4. The predicted molar refractivity (Wildman–Crippen MR) is 116 cm³/mol. The zero-order chi connectivity index (χ0) is 21.6. The molecule has 0 atom stereocenters. The quantitative estimate of drug-likeness (QED) is 0.524. The number of hydrogen-bond donors (Lipinski definition) is 0. The molecule has 1 heterocycles. The highest BCUT2D eigenvalue weighted by molar-refractivity contribution is 5.97. The molecule has 4 rings (SSSR count). The van der Waals surface area contributed by atoms with Crippen molar-refractivity contribution in [3.8, 4) is 5.75 Å². The maximum Gasteiger partial charge on any atom is 0.254 e. The van der Waals surface area contributed by atoms with Crippen molar-refractivity contribution >= 4 is 11.8 Å². The third-order valence-electron chi connectivity index (χ3n) is 5.37. The number of rotatable bonds is 9. The van der Waals surface area contributed by atoms with Gasteiger partial charge < -0.3 is 19.0 Å². The van der Waals surface area contributed by atoms with E-state index in [4.69, 9.17) is 9.15 Å². The largest absolute Gasteiger partial charge is 0.497 e. The van der Waals surface area contributed by atoms with Crippen LogP contribution in [-0.4, -0.2) is 41.3 Å². The topological polar surface area (TPSA) is 63.0 Å². The Morgan fingerprint density at radius 1 is 1.00 bits per heavy atom. The van der Waals surface area contributed by atoms with Crippen LogP contribution in [0.5, 0.6) is 5.75 Å². The number of nitrogens with zero attached hydrogens (tertiary/aromatic N) is 2. The molecule has 6 nitrogen and oxygen atoms in total. The lowest BCUT2D eigenvalue weighted by Crippen LogP contribution is -2.43. The molecule has 1 saturated carbocycles. The van der Waals surface area contributed by atoms with E-state index in [1.165, 1.54) is 0 Å². The maximum absolute atomic E-state index is 13.3. The molecule has 2 aromatic carbocycles. The van der Waals surface area contributed by atoms with Crippen molar-refractivity contribution < 1.29 is 18.7 Å². The van der Waals surface area contributed by atoms with E-state index < -0.39 is 0 Å². The fourth-order valence-corrected chi connectivity index (χ4v) is 3.55. The summed E-state index contributed by atoms with van der Waals surface area (Å²) in [5.74, 6) is 1.08. The number of ether oxygens (including phenoxy) is 1. The zero-order valence-corrected chi connectivity index (χ0v) is 17.6. The van der Waals surface area contributed by atoms with Crippen molar-refractivity contribution in [3.05, 3.63) is 89.9 Å². The summed E-state index contributed by atoms with van der Waals surface area (Å²) in [4.78, 5) is 30.0. The second-order valence-electron chi connectivity index (χ2n) is 7.71. The average molecular weight is 418 g/mol. The van der Waals surface area contributed by atoms with Gasteiger partial charge in [0.1, 0.15) is 18.1 Å². The van der Waals surface area contributed by atoms with Crippen LogP contribution in [-0.2, 0) is 17.9 Å². The summed E-state index contributed by atoms with van der Waals surface area (Å²) in [7, 11) is 1.57. The van der Waals surface area contributed by atoms with Crippen molar-refractivity contribution in [1.82, 2.24) is 9.80 Å². The maximum atomic E-state index is 13.3. The predicted octanol–water partition coefficient (Wildman–Crippen LogP) is 4.12. The molecule has 1 aliphatic rings. The van der Waals surface area contributed by atoms with Crippen LogP contribution < -0.4 is 4.74 Å². The van der Waals surface area contributed by atoms with Gasteiger partial charge in [-0.1, -0.05) is 36.4 Å². The second-order valence-corrected chi connectivity index (χ2v) is 7.71. The first-order valence-electron chi connectivity index (χ1n) is 10.4. The minimum absolute atomic E-state index is 0.0360. The summed E-state index contributed by atoms with van der Waals surface area (Å²) in [5, 5.41) is 0. The van der Waals surface area contributed by atoms with Crippen LogP contribution in [0.4, 0.5) is 0 Å². The lowest BCUT2D eigenvalue weighted by Gasteiger charge is -2.27. The van der Waals surface area contributed by atoms with Gasteiger partial charge in [0, 0.05) is 18.2 Å². The van der Waals surface area contributed by atoms with Gasteiger partial charge in [0.25, 0.3) is 5.91 Å². The van der Waals surface area contributed by atoms with Crippen molar-refractivity contribution in [2.75, 3.05) is 13.7 Å². The molecule has 1 fully saturated rings. The van der Waals surface area contributed by atoms with Gasteiger partial charge in [0.15, 0.2) is 0 Å². The summed E-state index contributed by atoms with van der Waals surface area (Å²) < 4.78 is 10.7. The number of hydrogen-bond acceptors (Lipinski definition) is 4. The second kappa shape index (κ2) is 9.51. The van der Waals surface area contributed by atoms with E-state index in [1.54, 1.807) is 47.4 Å². The van der Waals surface area contributed by atoms with E-state index in [1.807, 2.05) is 42.5 Å². The molecule has 31 heavy (non-hydrogen) atoms. The van der Waals surface area contributed by atoms with Gasteiger partial charge in [-0.05, 0) is 48.7 Å².